The summed E-state index contributed by atoms with van der Waals surface area (Å²) in [4.78, 5) is 37.3. The maximum absolute atomic E-state index is 12.5. The number of benzene rings is 1. The van der Waals surface area contributed by atoms with Crippen molar-refractivity contribution in [2.45, 2.75) is 13.0 Å². The summed E-state index contributed by atoms with van der Waals surface area (Å²) in [6.07, 6.45) is 1.56. The second-order valence-corrected chi connectivity index (χ2v) is 6.84. The van der Waals surface area contributed by atoms with Gasteiger partial charge < -0.3 is 14.2 Å². The van der Waals surface area contributed by atoms with Crippen molar-refractivity contribution < 1.29 is 28.6 Å². The smallest absolute Gasteiger partial charge is 0.328 e. The molecule has 2 amide bonds. The Morgan fingerprint density at radius 2 is 1.92 bits per heavy atom. The molecule has 0 saturated carbocycles. The molecule has 0 spiro atoms. The molecule has 1 aliphatic rings. The van der Waals surface area contributed by atoms with Crippen LogP contribution in [0.4, 0.5) is 4.79 Å². The zero-order valence-corrected chi connectivity index (χ0v) is 16.4. The van der Waals surface area contributed by atoms with Gasteiger partial charge in [-0.25, -0.2) is 4.79 Å². The molecule has 9 heteroatoms. The quantitative estimate of drug-likeness (QED) is 0.525. The fraction of sp³-hybridized carbons (Fsp3) is 0.312. The number of esters is 1. The van der Waals surface area contributed by atoms with E-state index in [2.05, 4.69) is 20.7 Å². The van der Waals surface area contributed by atoms with Gasteiger partial charge >= 0.3 is 5.97 Å². The predicted octanol–water partition coefficient (Wildman–Crippen LogP) is 3.06. The van der Waals surface area contributed by atoms with E-state index >= 15 is 0 Å². The zero-order chi connectivity index (χ0) is 18.7. The minimum Gasteiger partial charge on any atom is -0.493 e. The van der Waals surface area contributed by atoms with Crippen LogP contribution in [0.2, 0.25) is 0 Å². The minimum atomic E-state index is -0.986. The van der Waals surface area contributed by atoms with E-state index in [1.165, 1.54) is 28.3 Å². The maximum Gasteiger partial charge on any atom is 0.328 e. The molecule has 134 valence electrons. The molecular weight excluding hydrogens is 414 g/mol. The highest BCUT2D eigenvalue weighted by Gasteiger charge is 2.41. The van der Waals surface area contributed by atoms with E-state index in [-0.39, 0.29) is 4.91 Å². The van der Waals surface area contributed by atoms with Crippen molar-refractivity contribution >= 4 is 50.9 Å². The molecule has 0 bridgehead atoms. The monoisotopic (exact) mass is 429 g/mol. The van der Waals surface area contributed by atoms with Crippen LogP contribution in [0, 0.1) is 0 Å². The highest BCUT2D eigenvalue weighted by molar-refractivity contribution is 9.10. The van der Waals surface area contributed by atoms with Gasteiger partial charge in [0, 0.05) is 0 Å². The van der Waals surface area contributed by atoms with E-state index in [0.29, 0.717) is 21.5 Å². The molecule has 2 rings (SSSR count). The number of imide groups is 1. The number of nitrogens with zero attached hydrogens (tertiary/aromatic N) is 1. The number of ether oxygens (including phenoxy) is 3. The normalized spacial score (nSPS) is 17.0. The van der Waals surface area contributed by atoms with Gasteiger partial charge in [0.2, 0.25) is 0 Å². The molecule has 1 atom stereocenters. The first-order valence-electron chi connectivity index (χ1n) is 7.10. The summed E-state index contributed by atoms with van der Waals surface area (Å²) < 4.78 is 15.7. The van der Waals surface area contributed by atoms with E-state index in [1.54, 1.807) is 18.2 Å². The SMILES string of the molecule is COC(=O)[C@H](C)N1C(=O)S/C(=C/c2cc(Br)c(OC)c(OC)c2)C1=O. The van der Waals surface area contributed by atoms with Crippen molar-refractivity contribution in [3.63, 3.8) is 0 Å². The van der Waals surface area contributed by atoms with Crippen molar-refractivity contribution in [1.82, 2.24) is 4.90 Å². The van der Waals surface area contributed by atoms with Crippen LogP contribution in [-0.2, 0) is 14.3 Å². The lowest BCUT2D eigenvalue weighted by Gasteiger charge is -2.18. The van der Waals surface area contributed by atoms with Crippen LogP contribution in [0.25, 0.3) is 6.08 Å². The van der Waals surface area contributed by atoms with Crippen molar-refractivity contribution in [3.05, 3.63) is 27.1 Å². The molecule has 0 N–H and O–H groups in total. The first-order chi connectivity index (χ1) is 11.8. The Labute approximate surface area is 157 Å². The van der Waals surface area contributed by atoms with Gasteiger partial charge in [0.1, 0.15) is 6.04 Å². The number of halogens is 1. The van der Waals surface area contributed by atoms with Gasteiger partial charge in [-0.2, -0.15) is 0 Å². The molecule has 0 aromatic heterocycles. The zero-order valence-electron chi connectivity index (χ0n) is 14.0. The predicted molar refractivity (Wildman–Crippen MR) is 96.5 cm³/mol. The van der Waals surface area contributed by atoms with Crippen molar-refractivity contribution in [3.8, 4) is 11.5 Å². The molecule has 1 aromatic rings. The first-order valence-corrected chi connectivity index (χ1v) is 8.71. The first kappa shape index (κ1) is 19.3. The molecular formula is C16H16BrNO6S. The molecule has 1 saturated heterocycles. The van der Waals surface area contributed by atoms with Crippen molar-refractivity contribution in [1.29, 1.82) is 0 Å². The topological polar surface area (TPSA) is 82.1 Å². The fourth-order valence-corrected chi connectivity index (χ4v) is 3.79. The van der Waals surface area contributed by atoms with Gasteiger partial charge in [-0.3, -0.25) is 14.5 Å². The lowest BCUT2D eigenvalue weighted by atomic mass is 10.1. The van der Waals surface area contributed by atoms with Crippen LogP contribution in [0.5, 0.6) is 11.5 Å². The Balaban J connectivity index is 2.37. The van der Waals surface area contributed by atoms with Crippen LogP contribution < -0.4 is 9.47 Å². The Kier molecular flexibility index (Phi) is 6.12. The van der Waals surface area contributed by atoms with Crippen LogP contribution in [0.15, 0.2) is 21.5 Å². The van der Waals surface area contributed by atoms with E-state index in [0.717, 1.165) is 16.7 Å². The van der Waals surface area contributed by atoms with Gasteiger partial charge in [-0.15, -0.1) is 0 Å². The third-order valence-corrected chi connectivity index (χ3v) is 4.98. The summed E-state index contributed by atoms with van der Waals surface area (Å²) in [5.41, 5.74) is 0.640. The van der Waals surface area contributed by atoms with Crippen LogP contribution in [-0.4, -0.2) is 49.4 Å². The summed E-state index contributed by atoms with van der Waals surface area (Å²) in [6, 6.07) is 2.43. The summed E-state index contributed by atoms with van der Waals surface area (Å²) in [6.45, 7) is 1.44. The standard InChI is InChI=1S/C16H16BrNO6S/c1-8(15(20)24-4)18-14(19)12(25-16(18)21)7-9-5-10(17)13(23-3)11(6-9)22-2/h5-8H,1-4H3/b12-7+/t8-/m0/s1. The van der Waals surface area contributed by atoms with E-state index in [4.69, 9.17) is 9.47 Å². The largest absolute Gasteiger partial charge is 0.493 e. The highest BCUT2D eigenvalue weighted by Crippen LogP contribution is 2.39. The number of carbonyl (C=O) groups is 3. The van der Waals surface area contributed by atoms with Crippen LogP contribution in [0.3, 0.4) is 0 Å². The second-order valence-electron chi connectivity index (χ2n) is 4.99. The van der Waals surface area contributed by atoms with E-state index in [9.17, 15) is 14.4 Å². The molecule has 0 unspecified atom stereocenters. The average Bonchev–Trinajstić information content (AvgIpc) is 2.86. The molecule has 1 fully saturated rings. The van der Waals surface area contributed by atoms with Crippen LogP contribution >= 0.6 is 27.7 Å². The van der Waals surface area contributed by atoms with Crippen LogP contribution in [0.1, 0.15) is 12.5 Å². The Bertz CT molecular complexity index is 763. The molecule has 0 radical (unpaired) electrons. The van der Waals surface area contributed by atoms with E-state index < -0.39 is 23.2 Å². The van der Waals surface area contributed by atoms with Gasteiger partial charge in [-0.1, -0.05) is 0 Å². The summed E-state index contributed by atoms with van der Waals surface area (Å²) in [5.74, 6) is -0.200. The summed E-state index contributed by atoms with van der Waals surface area (Å²) >= 11 is 4.14. The Morgan fingerprint density at radius 1 is 1.24 bits per heavy atom. The number of thioether (sulfide) groups is 1. The molecule has 25 heavy (non-hydrogen) atoms. The molecule has 1 aromatic carbocycles. The van der Waals surface area contributed by atoms with Gasteiger partial charge in [0.05, 0.1) is 30.7 Å². The number of rotatable bonds is 5. The number of hydrogen-bond donors (Lipinski definition) is 0. The molecule has 1 heterocycles. The molecule has 7 nitrogen and oxygen atoms in total. The Morgan fingerprint density at radius 3 is 2.48 bits per heavy atom. The van der Waals surface area contributed by atoms with Gasteiger partial charge in [-0.05, 0) is 58.4 Å². The van der Waals surface area contributed by atoms with Gasteiger partial charge in [0.25, 0.3) is 11.1 Å². The highest BCUT2D eigenvalue weighted by atomic mass is 79.9. The molecule has 0 aliphatic carbocycles. The fourth-order valence-electron chi connectivity index (χ4n) is 2.26. The lowest BCUT2D eigenvalue weighted by molar-refractivity contribution is -0.148. The molecule has 1 aliphatic heterocycles. The average molecular weight is 430 g/mol. The third kappa shape index (κ3) is 3.82. The second kappa shape index (κ2) is 7.92. The van der Waals surface area contributed by atoms with Crippen molar-refractivity contribution in [2.75, 3.05) is 21.3 Å². The van der Waals surface area contributed by atoms with E-state index in [1.807, 2.05) is 0 Å². The number of carbonyl (C=O) groups excluding carboxylic acids is 3. The third-order valence-electron chi connectivity index (χ3n) is 3.51. The van der Waals surface area contributed by atoms with Gasteiger partial charge in [0.15, 0.2) is 11.5 Å². The summed E-state index contributed by atoms with van der Waals surface area (Å²) in [5, 5.41) is -0.520. The van der Waals surface area contributed by atoms with Crippen molar-refractivity contribution in [2.24, 2.45) is 0 Å². The minimum absolute atomic E-state index is 0.208. The lowest BCUT2D eigenvalue weighted by Crippen LogP contribution is -2.42. The maximum atomic E-state index is 12.5. The number of amides is 2. The number of hydrogen-bond acceptors (Lipinski definition) is 7. The Hall–Kier alpha value is -2.00. The summed E-state index contributed by atoms with van der Waals surface area (Å²) in [7, 11) is 4.22. The number of methoxy groups -OCH3 is 3.